The average molecular weight is 404 g/mol. The molecule has 2 aliphatic heterocycles. The number of nitrogens with one attached hydrogen (secondary N) is 3. The van der Waals surface area contributed by atoms with E-state index in [4.69, 9.17) is 0 Å². The highest BCUT2D eigenvalue weighted by Gasteiger charge is 2.29. The SMILES string of the molecule is O=C(CCNC(=O)N1CCc2c([nH]c3ccccc23)C1)N[C@H]1CCS(=O)(=O)C1. The topological polar surface area (TPSA) is 111 Å². The number of nitrogens with zero attached hydrogens (tertiary/aromatic N) is 1. The van der Waals surface area contributed by atoms with Gasteiger partial charge in [-0.25, -0.2) is 13.2 Å². The third kappa shape index (κ3) is 3.99. The Morgan fingerprint density at radius 1 is 1.25 bits per heavy atom. The van der Waals surface area contributed by atoms with Crippen LogP contribution in [0.15, 0.2) is 24.3 Å². The first kappa shape index (κ1) is 18.8. The molecule has 0 unspecified atom stereocenters. The van der Waals surface area contributed by atoms with Crippen LogP contribution >= 0.6 is 0 Å². The standard InChI is InChI=1S/C19H24N4O4S/c24-18(21-13-7-10-28(26,27)12-13)5-8-20-19(25)23-9-6-15-14-3-1-2-4-16(14)22-17(15)11-23/h1-4,13,22H,5-12H2,(H,20,25)(H,21,24)/t13-/m0/s1. The molecule has 3 heterocycles. The number of hydrogen-bond acceptors (Lipinski definition) is 4. The Morgan fingerprint density at radius 2 is 2.07 bits per heavy atom. The third-order valence-corrected chi connectivity index (χ3v) is 7.16. The number of sulfone groups is 1. The van der Waals surface area contributed by atoms with E-state index in [1.165, 1.54) is 10.9 Å². The van der Waals surface area contributed by atoms with Gasteiger partial charge >= 0.3 is 6.03 Å². The largest absolute Gasteiger partial charge is 0.357 e. The molecule has 9 heteroatoms. The fourth-order valence-electron chi connectivity index (χ4n) is 3.97. The molecule has 3 N–H and O–H groups in total. The van der Waals surface area contributed by atoms with E-state index < -0.39 is 9.84 Å². The van der Waals surface area contributed by atoms with Crippen LogP contribution in [-0.4, -0.2) is 60.9 Å². The highest BCUT2D eigenvalue weighted by molar-refractivity contribution is 7.91. The summed E-state index contributed by atoms with van der Waals surface area (Å²) in [4.78, 5) is 29.5. The van der Waals surface area contributed by atoms with Crippen LogP contribution in [0.4, 0.5) is 4.79 Å². The first-order valence-electron chi connectivity index (χ1n) is 9.52. The molecular formula is C19H24N4O4S. The number of aromatic nitrogens is 1. The van der Waals surface area contributed by atoms with Crippen LogP contribution < -0.4 is 10.6 Å². The number of urea groups is 1. The summed E-state index contributed by atoms with van der Waals surface area (Å²) in [6, 6.07) is 7.62. The van der Waals surface area contributed by atoms with E-state index in [0.29, 0.717) is 19.5 Å². The van der Waals surface area contributed by atoms with E-state index in [1.807, 2.05) is 18.2 Å². The minimum absolute atomic E-state index is 0.00567. The van der Waals surface area contributed by atoms with Gasteiger partial charge in [0.1, 0.15) is 0 Å². The summed E-state index contributed by atoms with van der Waals surface area (Å²) < 4.78 is 22.9. The molecule has 1 aromatic heterocycles. The number of H-pyrrole nitrogens is 1. The van der Waals surface area contributed by atoms with Gasteiger partial charge in [-0.1, -0.05) is 18.2 Å². The van der Waals surface area contributed by atoms with Crippen molar-refractivity contribution in [1.29, 1.82) is 0 Å². The average Bonchev–Trinajstić information content (AvgIpc) is 3.20. The summed E-state index contributed by atoms with van der Waals surface area (Å²) in [5.41, 5.74) is 3.41. The predicted molar refractivity (Wildman–Crippen MR) is 106 cm³/mol. The number of hydrogen-bond donors (Lipinski definition) is 3. The first-order chi connectivity index (χ1) is 13.4. The van der Waals surface area contributed by atoms with Gasteiger partial charge in [0.2, 0.25) is 5.91 Å². The number of carbonyl (C=O) groups excluding carboxylic acids is 2. The molecule has 0 bridgehead atoms. The molecule has 1 aromatic carbocycles. The van der Waals surface area contributed by atoms with Crippen LogP contribution in [0.2, 0.25) is 0 Å². The number of amides is 3. The molecule has 1 saturated heterocycles. The number of fused-ring (bicyclic) bond motifs is 3. The van der Waals surface area contributed by atoms with Crippen molar-refractivity contribution >= 4 is 32.7 Å². The number of carbonyl (C=O) groups is 2. The van der Waals surface area contributed by atoms with Gasteiger partial charge in [-0.2, -0.15) is 0 Å². The molecule has 150 valence electrons. The predicted octanol–water partition coefficient (Wildman–Crippen LogP) is 0.929. The number of aromatic amines is 1. The lowest BCUT2D eigenvalue weighted by Crippen LogP contribution is -2.44. The molecule has 0 aliphatic carbocycles. The molecule has 1 fully saturated rings. The molecule has 2 aromatic rings. The van der Waals surface area contributed by atoms with Crippen molar-refractivity contribution in [1.82, 2.24) is 20.5 Å². The molecular weight excluding hydrogens is 380 g/mol. The van der Waals surface area contributed by atoms with Crippen molar-refractivity contribution in [3.05, 3.63) is 35.5 Å². The van der Waals surface area contributed by atoms with Crippen molar-refractivity contribution in [2.75, 3.05) is 24.6 Å². The van der Waals surface area contributed by atoms with Crippen LogP contribution in [0.1, 0.15) is 24.1 Å². The smallest absolute Gasteiger partial charge is 0.317 e. The van der Waals surface area contributed by atoms with Gasteiger partial charge in [0, 0.05) is 42.1 Å². The maximum Gasteiger partial charge on any atom is 0.317 e. The highest BCUT2D eigenvalue weighted by Crippen LogP contribution is 2.27. The van der Waals surface area contributed by atoms with E-state index in [0.717, 1.165) is 17.6 Å². The highest BCUT2D eigenvalue weighted by atomic mass is 32.2. The Kier molecular flexibility index (Phi) is 5.01. The zero-order chi connectivity index (χ0) is 19.7. The molecule has 0 radical (unpaired) electrons. The van der Waals surface area contributed by atoms with Gasteiger partial charge in [-0.3, -0.25) is 4.79 Å². The Labute approximate surface area is 163 Å². The van der Waals surface area contributed by atoms with Crippen LogP contribution in [0, 0.1) is 0 Å². The van der Waals surface area contributed by atoms with Gasteiger partial charge < -0.3 is 20.5 Å². The van der Waals surface area contributed by atoms with E-state index in [-0.39, 0.29) is 42.5 Å². The van der Waals surface area contributed by atoms with Gasteiger partial charge in [-0.15, -0.1) is 0 Å². The quantitative estimate of drug-likeness (QED) is 0.704. The fraction of sp³-hybridized carbons (Fsp3) is 0.474. The maximum atomic E-state index is 12.4. The monoisotopic (exact) mass is 404 g/mol. The van der Waals surface area contributed by atoms with Crippen LogP contribution in [-0.2, 0) is 27.6 Å². The summed E-state index contributed by atoms with van der Waals surface area (Å²) in [5, 5.41) is 6.72. The van der Waals surface area contributed by atoms with Gasteiger partial charge in [0.05, 0.1) is 18.1 Å². The summed E-state index contributed by atoms with van der Waals surface area (Å²) in [5.74, 6) is -0.107. The zero-order valence-electron chi connectivity index (χ0n) is 15.5. The van der Waals surface area contributed by atoms with E-state index >= 15 is 0 Å². The Bertz CT molecular complexity index is 1010. The summed E-state index contributed by atoms with van der Waals surface area (Å²) in [6.07, 6.45) is 1.39. The van der Waals surface area contributed by atoms with Crippen molar-refractivity contribution < 1.29 is 18.0 Å². The lowest BCUT2D eigenvalue weighted by Gasteiger charge is -2.27. The molecule has 4 rings (SSSR count). The Morgan fingerprint density at radius 3 is 2.86 bits per heavy atom. The van der Waals surface area contributed by atoms with Gasteiger partial charge in [0.25, 0.3) is 0 Å². The molecule has 0 saturated carbocycles. The van der Waals surface area contributed by atoms with Gasteiger partial charge in [0.15, 0.2) is 9.84 Å². The summed E-state index contributed by atoms with van der Waals surface area (Å²) in [7, 11) is -3.02. The molecule has 2 aliphatic rings. The Balaban J connectivity index is 1.25. The molecule has 0 spiro atoms. The van der Waals surface area contributed by atoms with E-state index in [2.05, 4.69) is 21.7 Å². The normalized spacial score (nSPS) is 20.7. The third-order valence-electron chi connectivity index (χ3n) is 5.40. The second-order valence-electron chi connectivity index (χ2n) is 7.45. The van der Waals surface area contributed by atoms with Crippen molar-refractivity contribution in [3.8, 4) is 0 Å². The van der Waals surface area contributed by atoms with Gasteiger partial charge in [-0.05, 0) is 24.5 Å². The molecule has 28 heavy (non-hydrogen) atoms. The second kappa shape index (κ2) is 7.46. The summed E-state index contributed by atoms with van der Waals surface area (Å²) in [6.45, 7) is 1.37. The van der Waals surface area contributed by atoms with E-state index in [1.54, 1.807) is 4.90 Å². The molecule has 8 nitrogen and oxygen atoms in total. The summed E-state index contributed by atoms with van der Waals surface area (Å²) >= 11 is 0. The van der Waals surface area contributed by atoms with Crippen LogP contribution in [0.25, 0.3) is 10.9 Å². The zero-order valence-corrected chi connectivity index (χ0v) is 16.3. The van der Waals surface area contributed by atoms with Crippen molar-refractivity contribution in [3.63, 3.8) is 0 Å². The number of benzene rings is 1. The first-order valence-corrected chi connectivity index (χ1v) is 11.3. The lowest BCUT2D eigenvalue weighted by atomic mass is 10.0. The maximum absolute atomic E-state index is 12.4. The van der Waals surface area contributed by atoms with Crippen LogP contribution in [0.5, 0.6) is 0 Å². The van der Waals surface area contributed by atoms with Crippen molar-refractivity contribution in [2.45, 2.75) is 31.8 Å². The Hall–Kier alpha value is -2.55. The minimum Gasteiger partial charge on any atom is -0.357 e. The number of para-hydroxylation sites is 1. The number of rotatable bonds is 4. The second-order valence-corrected chi connectivity index (χ2v) is 9.68. The minimum atomic E-state index is -3.02. The molecule has 1 atom stereocenters. The molecule has 3 amide bonds. The van der Waals surface area contributed by atoms with Crippen LogP contribution in [0.3, 0.4) is 0 Å². The van der Waals surface area contributed by atoms with E-state index in [9.17, 15) is 18.0 Å². The van der Waals surface area contributed by atoms with Crippen molar-refractivity contribution in [2.24, 2.45) is 0 Å². The fourth-order valence-corrected chi connectivity index (χ4v) is 5.64. The lowest BCUT2D eigenvalue weighted by molar-refractivity contribution is -0.121.